The summed E-state index contributed by atoms with van der Waals surface area (Å²) in [6, 6.07) is 9.94. The van der Waals surface area contributed by atoms with Crippen LogP contribution in [0.15, 0.2) is 54.2 Å². The molecule has 142 valence electrons. The fraction of sp³-hybridized carbons (Fsp3) is 0.211. The van der Waals surface area contributed by atoms with Gasteiger partial charge in [-0.25, -0.2) is 0 Å². The molecule has 0 aliphatic carbocycles. The van der Waals surface area contributed by atoms with Crippen LogP contribution in [0.1, 0.15) is 18.1 Å². The Bertz CT molecular complexity index is 839. The normalized spacial score (nSPS) is 10.6. The first-order valence-corrected chi connectivity index (χ1v) is 9.21. The fourth-order valence-corrected chi connectivity index (χ4v) is 2.96. The van der Waals surface area contributed by atoms with Crippen LogP contribution in [-0.2, 0) is 11.4 Å². The molecule has 27 heavy (non-hydrogen) atoms. The predicted octanol–water partition coefficient (Wildman–Crippen LogP) is 4.71. The maximum absolute atomic E-state index is 10.8. The van der Waals surface area contributed by atoms with Gasteiger partial charge in [0.15, 0.2) is 11.5 Å². The molecule has 0 saturated carbocycles. The molecule has 8 heteroatoms. The molecule has 2 rings (SSSR count). The lowest BCUT2D eigenvalue weighted by atomic mass is 10.2. The van der Waals surface area contributed by atoms with Gasteiger partial charge < -0.3 is 14.3 Å². The van der Waals surface area contributed by atoms with Crippen LogP contribution in [0, 0.1) is 13.7 Å². The van der Waals surface area contributed by atoms with Crippen LogP contribution in [0.25, 0.3) is 0 Å². The third-order valence-corrected chi connectivity index (χ3v) is 4.11. The molecule has 0 atom stereocenters. The number of rotatable bonds is 10. The van der Waals surface area contributed by atoms with Gasteiger partial charge in [0.2, 0.25) is 0 Å². The van der Waals surface area contributed by atoms with Gasteiger partial charge in [0.25, 0.3) is 5.69 Å². The summed E-state index contributed by atoms with van der Waals surface area (Å²) < 4.78 is 12.2. The van der Waals surface area contributed by atoms with Crippen LogP contribution in [0.3, 0.4) is 0 Å². The maximum atomic E-state index is 10.8. The van der Waals surface area contributed by atoms with Crippen molar-refractivity contribution >= 4 is 34.5 Å². The molecule has 2 aromatic rings. The van der Waals surface area contributed by atoms with Crippen LogP contribution in [0.2, 0.25) is 0 Å². The lowest BCUT2D eigenvalue weighted by molar-refractivity contribution is -0.384. The van der Waals surface area contributed by atoms with Gasteiger partial charge in [0.05, 0.1) is 21.3 Å². The van der Waals surface area contributed by atoms with E-state index in [1.54, 1.807) is 24.4 Å². The Morgan fingerprint density at radius 3 is 2.81 bits per heavy atom. The van der Waals surface area contributed by atoms with E-state index in [2.05, 4.69) is 34.3 Å². The van der Waals surface area contributed by atoms with Gasteiger partial charge in [-0.1, -0.05) is 29.9 Å². The van der Waals surface area contributed by atoms with E-state index in [-0.39, 0.29) is 12.3 Å². The average molecular weight is 482 g/mol. The summed E-state index contributed by atoms with van der Waals surface area (Å²) in [6.45, 7) is 6.56. The number of nitro benzene ring substituents is 1. The van der Waals surface area contributed by atoms with Crippen molar-refractivity contribution in [3.63, 3.8) is 0 Å². The van der Waals surface area contributed by atoms with Crippen molar-refractivity contribution in [1.82, 2.24) is 0 Å². The number of oxime groups is 1. The van der Waals surface area contributed by atoms with Crippen LogP contribution in [0.5, 0.6) is 11.5 Å². The summed E-state index contributed by atoms with van der Waals surface area (Å²) in [7, 11) is 0. The first kappa shape index (κ1) is 20.7. The van der Waals surface area contributed by atoms with Crippen LogP contribution in [0.4, 0.5) is 5.69 Å². The molecule has 0 bridgehead atoms. The van der Waals surface area contributed by atoms with E-state index in [9.17, 15) is 10.1 Å². The zero-order valence-corrected chi connectivity index (χ0v) is 16.9. The molecule has 0 heterocycles. The summed E-state index contributed by atoms with van der Waals surface area (Å²) in [4.78, 5) is 15.6. The molecule has 0 fully saturated rings. The number of non-ortho nitro benzene ring substituents is 1. The van der Waals surface area contributed by atoms with E-state index in [0.717, 1.165) is 9.13 Å². The minimum Gasteiger partial charge on any atom is -0.490 e. The number of hydrogen-bond acceptors (Lipinski definition) is 6. The van der Waals surface area contributed by atoms with Gasteiger partial charge in [-0.15, -0.1) is 0 Å². The molecule has 2 aromatic carbocycles. The standard InChI is InChI=1S/C19H19IN2O5/c1-3-8-26-19-17(20)10-15(11-18(19)25-4-2)12-21-27-13-14-6-5-7-16(9-14)22(23)24/h3,5-7,9-12H,1,4,8,13H2,2H3/b21-12-. The van der Waals surface area contributed by atoms with Crippen molar-refractivity contribution in [1.29, 1.82) is 0 Å². The third-order valence-electron chi connectivity index (χ3n) is 3.31. The molecule has 0 radical (unpaired) electrons. The third kappa shape index (κ3) is 6.24. The maximum Gasteiger partial charge on any atom is 0.269 e. The Morgan fingerprint density at radius 1 is 1.30 bits per heavy atom. The molecule has 0 amide bonds. The molecule has 0 spiro atoms. The van der Waals surface area contributed by atoms with E-state index in [0.29, 0.717) is 30.3 Å². The number of nitrogens with zero attached hydrogens (tertiary/aromatic N) is 2. The molecule has 0 aliphatic heterocycles. The highest BCUT2D eigenvalue weighted by molar-refractivity contribution is 14.1. The average Bonchev–Trinajstić information content (AvgIpc) is 2.65. The Morgan fingerprint density at radius 2 is 2.11 bits per heavy atom. The smallest absolute Gasteiger partial charge is 0.269 e. The van der Waals surface area contributed by atoms with Crippen LogP contribution in [-0.4, -0.2) is 24.4 Å². The highest BCUT2D eigenvalue weighted by Crippen LogP contribution is 2.34. The predicted molar refractivity (Wildman–Crippen MR) is 111 cm³/mol. The van der Waals surface area contributed by atoms with E-state index in [1.165, 1.54) is 12.1 Å². The summed E-state index contributed by atoms with van der Waals surface area (Å²) >= 11 is 2.17. The number of benzene rings is 2. The number of ether oxygens (including phenoxy) is 2. The first-order valence-electron chi connectivity index (χ1n) is 8.13. The summed E-state index contributed by atoms with van der Waals surface area (Å²) in [5.41, 5.74) is 1.47. The minimum atomic E-state index is -0.444. The Labute approximate surface area is 170 Å². The second-order valence-corrected chi connectivity index (χ2v) is 6.46. The first-order chi connectivity index (χ1) is 13.0. The lowest BCUT2D eigenvalue weighted by Crippen LogP contribution is -2.02. The second-order valence-electron chi connectivity index (χ2n) is 5.30. The van der Waals surface area contributed by atoms with Crippen molar-refractivity contribution in [2.75, 3.05) is 13.2 Å². The van der Waals surface area contributed by atoms with Crippen molar-refractivity contribution < 1.29 is 19.2 Å². The minimum absolute atomic E-state index is 0.0195. The number of nitro groups is 1. The van der Waals surface area contributed by atoms with Gasteiger partial charge >= 0.3 is 0 Å². The highest BCUT2D eigenvalue weighted by atomic mass is 127. The van der Waals surface area contributed by atoms with E-state index in [4.69, 9.17) is 14.3 Å². The SMILES string of the molecule is C=CCOc1c(I)cc(/C=N\OCc2cccc([N+](=O)[O-])c2)cc1OCC. The number of hydrogen-bond donors (Lipinski definition) is 0. The second kappa shape index (κ2) is 10.5. The van der Waals surface area contributed by atoms with Crippen LogP contribution < -0.4 is 9.47 Å². The van der Waals surface area contributed by atoms with Crippen molar-refractivity contribution in [3.8, 4) is 11.5 Å². The molecule has 7 nitrogen and oxygen atoms in total. The number of halogens is 1. The zero-order chi connectivity index (χ0) is 19.6. The van der Waals surface area contributed by atoms with Crippen LogP contribution >= 0.6 is 22.6 Å². The Hall–Kier alpha value is -2.62. The monoisotopic (exact) mass is 482 g/mol. The fourth-order valence-electron chi connectivity index (χ4n) is 2.18. The molecule has 0 saturated heterocycles. The van der Waals surface area contributed by atoms with E-state index in [1.807, 2.05) is 19.1 Å². The molecule has 0 N–H and O–H groups in total. The Balaban J connectivity index is 2.06. The topological polar surface area (TPSA) is 83.2 Å². The van der Waals surface area contributed by atoms with E-state index < -0.39 is 4.92 Å². The van der Waals surface area contributed by atoms with Gasteiger partial charge in [-0.3, -0.25) is 10.1 Å². The summed E-state index contributed by atoms with van der Waals surface area (Å²) in [5, 5.41) is 14.7. The lowest BCUT2D eigenvalue weighted by Gasteiger charge is -2.13. The molecule has 0 aliphatic rings. The molecular formula is C19H19IN2O5. The zero-order valence-electron chi connectivity index (χ0n) is 14.8. The molecular weight excluding hydrogens is 463 g/mol. The van der Waals surface area contributed by atoms with Gasteiger partial charge in [0.1, 0.15) is 13.2 Å². The van der Waals surface area contributed by atoms with Crippen molar-refractivity contribution in [2.45, 2.75) is 13.5 Å². The Kier molecular flexibility index (Phi) is 8.05. The van der Waals surface area contributed by atoms with Crippen molar-refractivity contribution in [2.24, 2.45) is 5.16 Å². The largest absolute Gasteiger partial charge is 0.490 e. The van der Waals surface area contributed by atoms with Gasteiger partial charge in [-0.2, -0.15) is 0 Å². The van der Waals surface area contributed by atoms with Gasteiger partial charge in [0, 0.05) is 17.7 Å². The van der Waals surface area contributed by atoms with Gasteiger partial charge in [-0.05, 0) is 47.2 Å². The molecule has 0 aromatic heterocycles. The highest BCUT2D eigenvalue weighted by Gasteiger charge is 2.11. The van der Waals surface area contributed by atoms with E-state index >= 15 is 0 Å². The quantitative estimate of drug-likeness (QED) is 0.161. The summed E-state index contributed by atoms with van der Waals surface area (Å²) in [6.07, 6.45) is 3.22. The summed E-state index contributed by atoms with van der Waals surface area (Å²) in [5.74, 6) is 1.28. The van der Waals surface area contributed by atoms with Crippen molar-refractivity contribution in [3.05, 3.63) is 73.9 Å². The molecule has 0 unspecified atom stereocenters.